The maximum Gasteiger partial charge on any atom is 0.271 e. The summed E-state index contributed by atoms with van der Waals surface area (Å²) in [6.45, 7) is 5.73. The monoisotopic (exact) mass is 326 g/mol. The van der Waals surface area contributed by atoms with Gasteiger partial charge in [0.25, 0.3) is 5.91 Å². The molecule has 1 N–H and O–H groups in total. The lowest BCUT2D eigenvalue weighted by molar-refractivity contribution is 0.0955. The molecule has 5 nitrogen and oxygen atoms in total. The average Bonchev–Trinajstić information content (AvgIpc) is 2.59. The predicted molar refractivity (Wildman–Crippen MR) is 94.9 cm³/mol. The fraction of sp³-hybridized carbons (Fsp3) is 0.263. The maximum absolute atomic E-state index is 12.2. The summed E-state index contributed by atoms with van der Waals surface area (Å²) in [6.07, 6.45) is 0.0952. The van der Waals surface area contributed by atoms with Crippen molar-refractivity contribution in [3.63, 3.8) is 0 Å². The summed E-state index contributed by atoms with van der Waals surface area (Å²) in [4.78, 5) is 12.2. The van der Waals surface area contributed by atoms with Crippen molar-refractivity contribution in [2.45, 2.75) is 26.9 Å². The number of amides is 1. The van der Waals surface area contributed by atoms with Crippen molar-refractivity contribution in [1.29, 1.82) is 0 Å². The van der Waals surface area contributed by atoms with Gasteiger partial charge in [0.15, 0.2) is 0 Å². The Hall–Kier alpha value is -2.82. The van der Waals surface area contributed by atoms with E-state index in [0.717, 1.165) is 11.3 Å². The van der Waals surface area contributed by atoms with Gasteiger partial charge in [-0.1, -0.05) is 12.1 Å². The third kappa shape index (κ3) is 4.59. The second-order valence-corrected chi connectivity index (χ2v) is 5.53. The number of hydrazone groups is 1. The first-order valence-electron chi connectivity index (χ1n) is 7.76. The third-order valence-corrected chi connectivity index (χ3v) is 3.31. The van der Waals surface area contributed by atoms with Gasteiger partial charge < -0.3 is 9.47 Å². The van der Waals surface area contributed by atoms with Gasteiger partial charge >= 0.3 is 0 Å². The van der Waals surface area contributed by atoms with E-state index < -0.39 is 0 Å². The van der Waals surface area contributed by atoms with Gasteiger partial charge in [-0.2, -0.15) is 5.10 Å². The van der Waals surface area contributed by atoms with Crippen molar-refractivity contribution in [2.75, 3.05) is 7.11 Å². The smallest absolute Gasteiger partial charge is 0.271 e. The summed E-state index contributed by atoms with van der Waals surface area (Å²) in [5.41, 5.74) is 4.58. The Bertz CT molecular complexity index is 722. The van der Waals surface area contributed by atoms with Gasteiger partial charge in [0.2, 0.25) is 0 Å². The number of benzene rings is 2. The zero-order chi connectivity index (χ0) is 17.5. The van der Waals surface area contributed by atoms with E-state index >= 15 is 0 Å². The van der Waals surface area contributed by atoms with Crippen LogP contribution in [-0.4, -0.2) is 24.8 Å². The molecule has 2 aromatic carbocycles. The van der Waals surface area contributed by atoms with Crippen LogP contribution in [0.4, 0.5) is 0 Å². The topological polar surface area (TPSA) is 59.9 Å². The van der Waals surface area contributed by atoms with Crippen LogP contribution in [0.1, 0.15) is 36.7 Å². The Kier molecular flexibility index (Phi) is 5.95. The van der Waals surface area contributed by atoms with E-state index in [2.05, 4.69) is 10.5 Å². The van der Waals surface area contributed by atoms with E-state index in [0.29, 0.717) is 17.0 Å². The molecule has 1 amide bonds. The minimum absolute atomic E-state index is 0.0952. The standard InChI is InChI=1S/C19H22N2O3/c1-13(2)24-16-11-9-15(10-12-16)19(22)21-20-14(3)17-7-5-6-8-18(17)23-4/h5-13H,1-4H3,(H,21,22)/b20-14-. The maximum atomic E-state index is 12.2. The zero-order valence-electron chi connectivity index (χ0n) is 14.4. The first-order chi connectivity index (χ1) is 11.5. The highest BCUT2D eigenvalue weighted by Gasteiger charge is 2.08. The summed E-state index contributed by atoms with van der Waals surface area (Å²) >= 11 is 0. The number of para-hydroxylation sites is 1. The predicted octanol–water partition coefficient (Wildman–Crippen LogP) is 3.64. The number of carbonyl (C=O) groups excluding carboxylic acids is 1. The molecule has 2 aromatic rings. The molecule has 0 aromatic heterocycles. The van der Waals surface area contributed by atoms with Crippen molar-refractivity contribution < 1.29 is 14.3 Å². The number of methoxy groups -OCH3 is 1. The van der Waals surface area contributed by atoms with Crippen molar-refractivity contribution in [3.8, 4) is 11.5 Å². The third-order valence-electron chi connectivity index (χ3n) is 3.31. The second-order valence-electron chi connectivity index (χ2n) is 5.53. The molecule has 0 unspecified atom stereocenters. The Morgan fingerprint density at radius 3 is 2.38 bits per heavy atom. The normalized spacial score (nSPS) is 11.3. The molecule has 0 radical (unpaired) electrons. The summed E-state index contributed by atoms with van der Waals surface area (Å²) in [7, 11) is 1.60. The van der Waals surface area contributed by atoms with Crippen LogP contribution in [0.15, 0.2) is 53.6 Å². The SMILES string of the molecule is COc1ccccc1/C(C)=N\NC(=O)c1ccc(OC(C)C)cc1. The largest absolute Gasteiger partial charge is 0.496 e. The highest BCUT2D eigenvalue weighted by Crippen LogP contribution is 2.18. The Morgan fingerprint density at radius 1 is 1.08 bits per heavy atom. The van der Waals surface area contributed by atoms with Gasteiger partial charge in [-0.25, -0.2) is 5.43 Å². The molecule has 0 aliphatic carbocycles. The first kappa shape index (κ1) is 17.5. The minimum atomic E-state index is -0.277. The lowest BCUT2D eigenvalue weighted by Gasteiger charge is -2.10. The number of carbonyl (C=O) groups is 1. The number of hydrogen-bond donors (Lipinski definition) is 1. The molecule has 0 aliphatic heterocycles. The van der Waals surface area contributed by atoms with E-state index in [1.807, 2.05) is 45.0 Å². The summed E-state index contributed by atoms with van der Waals surface area (Å²) < 4.78 is 10.9. The number of hydrogen-bond acceptors (Lipinski definition) is 4. The molecule has 0 saturated carbocycles. The van der Waals surface area contributed by atoms with E-state index in [1.165, 1.54) is 0 Å². The van der Waals surface area contributed by atoms with Gasteiger partial charge in [-0.15, -0.1) is 0 Å². The molecule has 0 saturated heterocycles. The molecular formula is C19H22N2O3. The van der Waals surface area contributed by atoms with Crippen LogP contribution in [0.3, 0.4) is 0 Å². The van der Waals surface area contributed by atoms with E-state index in [9.17, 15) is 4.79 Å². The van der Waals surface area contributed by atoms with E-state index in [-0.39, 0.29) is 12.0 Å². The van der Waals surface area contributed by atoms with Crippen LogP contribution in [0.2, 0.25) is 0 Å². The lowest BCUT2D eigenvalue weighted by atomic mass is 10.1. The lowest BCUT2D eigenvalue weighted by Crippen LogP contribution is -2.19. The van der Waals surface area contributed by atoms with Crippen LogP contribution in [0.5, 0.6) is 11.5 Å². The number of nitrogens with zero attached hydrogens (tertiary/aromatic N) is 1. The second kappa shape index (κ2) is 8.15. The molecule has 126 valence electrons. The molecule has 0 atom stereocenters. The van der Waals surface area contributed by atoms with Crippen LogP contribution in [0.25, 0.3) is 0 Å². The summed E-state index contributed by atoms with van der Waals surface area (Å²) in [6, 6.07) is 14.5. The average molecular weight is 326 g/mol. The van der Waals surface area contributed by atoms with E-state index in [1.54, 1.807) is 31.4 Å². The molecule has 0 bridgehead atoms. The van der Waals surface area contributed by atoms with Crippen molar-refractivity contribution in [2.24, 2.45) is 5.10 Å². The van der Waals surface area contributed by atoms with Gasteiger partial charge in [-0.05, 0) is 57.2 Å². The van der Waals surface area contributed by atoms with Crippen LogP contribution in [0, 0.1) is 0 Å². The number of ether oxygens (including phenoxy) is 2. The van der Waals surface area contributed by atoms with Gasteiger partial charge in [0, 0.05) is 11.1 Å². The fourth-order valence-electron chi connectivity index (χ4n) is 2.16. The molecule has 2 rings (SSSR count). The molecule has 0 aliphatic rings. The molecule has 0 fully saturated rings. The summed E-state index contributed by atoms with van der Waals surface area (Å²) in [5.74, 6) is 1.17. The molecule has 24 heavy (non-hydrogen) atoms. The van der Waals surface area contributed by atoms with Crippen LogP contribution < -0.4 is 14.9 Å². The number of nitrogens with one attached hydrogen (secondary N) is 1. The van der Waals surface area contributed by atoms with Crippen molar-refractivity contribution in [1.82, 2.24) is 5.43 Å². The quantitative estimate of drug-likeness (QED) is 0.651. The summed E-state index contributed by atoms with van der Waals surface area (Å²) in [5, 5.41) is 4.16. The Labute approximate surface area is 142 Å². The van der Waals surface area contributed by atoms with Crippen molar-refractivity contribution in [3.05, 3.63) is 59.7 Å². The van der Waals surface area contributed by atoms with Crippen molar-refractivity contribution >= 4 is 11.6 Å². The van der Waals surface area contributed by atoms with Crippen LogP contribution >= 0.6 is 0 Å². The van der Waals surface area contributed by atoms with Gasteiger partial charge in [0.1, 0.15) is 11.5 Å². The molecule has 5 heteroatoms. The zero-order valence-corrected chi connectivity index (χ0v) is 14.4. The fourth-order valence-corrected chi connectivity index (χ4v) is 2.16. The molecule has 0 spiro atoms. The van der Waals surface area contributed by atoms with Crippen LogP contribution in [-0.2, 0) is 0 Å². The molecular weight excluding hydrogens is 304 g/mol. The van der Waals surface area contributed by atoms with E-state index in [4.69, 9.17) is 9.47 Å². The highest BCUT2D eigenvalue weighted by molar-refractivity contribution is 6.02. The number of rotatable bonds is 6. The van der Waals surface area contributed by atoms with Gasteiger partial charge in [0.05, 0.1) is 18.9 Å². The molecule has 0 heterocycles. The Morgan fingerprint density at radius 2 is 1.75 bits per heavy atom. The minimum Gasteiger partial charge on any atom is -0.496 e. The Balaban J connectivity index is 2.06. The van der Waals surface area contributed by atoms with Gasteiger partial charge in [-0.3, -0.25) is 4.79 Å². The highest BCUT2D eigenvalue weighted by atomic mass is 16.5. The first-order valence-corrected chi connectivity index (χ1v) is 7.76.